The van der Waals surface area contributed by atoms with Crippen molar-refractivity contribution in [3.8, 4) is 22.9 Å². The van der Waals surface area contributed by atoms with E-state index in [-0.39, 0.29) is 5.69 Å². The predicted octanol–water partition coefficient (Wildman–Crippen LogP) is 4.60. The van der Waals surface area contributed by atoms with Gasteiger partial charge >= 0.3 is 0 Å². The number of aromatic nitrogens is 3. The summed E-state index contributed by atoms with van der Waals surface area (Å²) >= 11 is 7.55. The van der Waals surface area contributed by atoms with Crippen molar-refractivity contribution in [3.63, 3.8) is 0 Å². The Morgan fingerprint density at radius 2 is 2.04 bits per heavy atom. The van der Waals surface area contributed by atoms with Crippen molar-refractivity contribution >= 4 is 29.1 Å². The minimum atomic E-state index is -0.440. The highest BCUT2D eigenvalue weighted by atomic mass is 35.5. The lowest BCUT2D eigenvalue weighted by Crippen LogP contribution is -1.99. The molecular formula is C18H17ClN4O4S. The number of methoxy groups -OCH3 is 1. The van der Waals surface area contributed by atoms with Gasteiger partial charge in [-0.25, -0.2) is 4.98 Å². The monoisotopic (exact) mass is 420 g/mol. The van der Waals surface area contributed by atoms with Gasteiger partial charge in [-0.3, -0.25) is 15.2 Å². The zero-order chi connectivity index (χ0) is 19.9. The van der Waals surface area contributed by atoms with E-state index in [0.29, 0.717) is 34.1 Å². The molecule has 0 unspecified atom stereocenters. The summed E-state index contributed by atoms with van der Waals surface area (Å²) < 4.78 is 10.9. The van der Waals surface area contributed by atoms with Crippen LogP contribution in [0, 0.1) is 10.1 Å². The van der Waals surface area contributed by atoms with Crippen molar-refractivity contribution in [1.29, 1.82) is 0 Å². The molecule has 146 valence electrons. The number of nitrogens with one attached hydrogen (secondary N) is 1. The number of hydrogen-bond donors (Lipinski definition) is 1. The summed E-state index contributed by atoms with van der Waals surface area (Å²) in [6, 6.07) is 11.3. The Kier molecular flexibility index (Phi) is 6.72. The summed E-state index contributed by atoms with van der Waals surface area (Å²) in [5.41, 5.74) is 0.788. The zero-order valence-electron chi connectivity index (χ0n) is 14.9. The lowest BCUT2D eigenvalue weighted by Gasteiger charge is -2.05. The third kappa shape index (κ3) is 5.14. The molecule has 28 heavy (non-hydrogen) atoms. The molecule has 0 saturated heterocycles. The Balaban J connectivity index is 1.47. The molecule has 0 saturated carbocycles. The second kappa shape index (κ2) is 9.43. The number of aromatic amines is 1. The molecule has 0 atom stereocenters. The van der Waals surface area contributed by atoms with Gasteiger partial charge in [-0.1, -0.05) is 23.4 Å². The van der Waals surface area contributed by atoms with Crippen molar-refractivity contribution in [1.82, 2.24) is 15.2 Å². The van der Waals surface area contributed by atoms with E-state index in [0.717, 1.165) is 17.7 Å². The fraction of sp³-hybridized carbons (Fsp3) is 0.222. The minimum absolute atomic E-state index is 0.0413. The van der Waals surface area contributed by atoms with Crippen LogP contribution in [0.1, 0.15) is 6.42 Å². The number of rotatable bonds is 9. The molecule has 3 rings (SSSR count). The standard InChI is InChI=1S/C18H17ClN4O4S/c1-26-16-8-3-12(19)11-15(16)17-20-18(22-21-17)28-10-2-9-27-14-6-4-13(5-7-14)23(24)25/h3-8,11H,2,9-10H2,1H3,(H,20,21,22). The average Bonchev–Trinajstić information content (AvgIpc) is 3.17. The number of H-pyrrole nitrogens is 1. The first-order chi connectivity index (χ1) is 13.6. The summed E-state index contributed by atoms with van der Waals surface area (Å²) in [7, 11) is 1.59. The summed E-state index contributed by atoms with van der Waals surface area (Å²) in [5, 5.41) is 18.9. The fourth-order valence-electron chi connectivity index (χ4n) is 2.37. The summed E-state index contributed by atoms with van der Waals surface area (Å²) in [6.07, 6.45) is 0.770. The predicted molar refractivity (Wildman–Crippen MR) is 107 cm³/mol. The topological polar surface area (TPSA) is 103 Å². The molecule has 1 N–H and O–H groups in total. The number of nitro groups is 1. The van der Waals surface area contributed by atoms with Crippen LogP contribution in [0.4, 0.5) is 5.69 Å². The Hall–Kier alpha value is -2.78. The summed E-state index contributed by atoms with van der Waals surface area (Å²) in [6.45, 7) is 0.490. The lowest BCUT2D eigenvalue weighted by molar-refractivity contribution is -0.384. The molecule has 8 nitrogen and oxygen atoms in total. The smallest absolute Gasteiger partial charge is 0.269 e. The number of ether oxygens (including phenoxy) is 2. The van der Waals surface area contributed by atoms with Gasteiger partial charge in [0.2, 0.25) is 5.16 Å². The van der Waals surface area contributed by atoms with Crippen LogP contribution >= 0.6 is 23.4 Å². The van der Waals surface area contributed by atoms with Crippen molar-refractivity contribution in [2.45, 2.75) is 11.6 Å². The second-order valence-corrected chi connectivity index (χ2v) is 7.11. The first kappa shape index (κ1) is 20.0. The van der Waals surface area contributed by atoms with Gasteiger partial charge < -0.3 is 9.47 Å². The zero-order valence-corrected chi connectivity index (χ0v) is 16.5. The normalized spacial score (nSPS) is 10.6. The number of non-ortho nitro benzene ring substituents is 1. The van der Waals surface area contributed by atoms with Crippen LogP contribution in [-0.4, -0.2) is 39.6 Å². The molecule has 1 aromatic heterocycles. The highest BCUT2D eigenvalue weighted by Gasteiger charge is 2.12. The van der Waals surface area contributed by atoms with E-state index in [1.165, 1.54) is 23.9 Å². The molecule has 10 heteroatoms. The number of halogens is 1. The number of hydrogen-bond acceptors (Lipinski definition) is 7. The van der Waals surface area contributed by atoms with Gasteiger partial charge in [0, 0.05) is 22.9 Å². The third-order valence-corrected chi connectivity index (χ3v) is 4.89. The van der Waals surface area contributed by atoms with Crippen molar-refractivity contribution in [2.24, 2.45) is 0 Å². The molecule has 0 aliphatic carbocycles. The van der Waals surface area contributed by atoms with Gasteiger partial charge in [0.15, 0.2) is 5.82 Å². The third-order valence-electron chi connectivity index (χ3n) is 3.72. The molecule has 2 aromatic carbocycles. The highest BCUT2D eigenvalue weighted by Crippen LogP contribution is 2.31. The quantitative estimate of drug-likeness (QED) is 0.233. The largest absolute Gasteiger partial charge is 0.496 e. The van der Waals surface area contributed by atoms with Crippen LogP contribution in [-0.2, 0) is 0 Å². The van der Waals surface area contributed by atoms with Crippen LogP contribution in [0.25, 0.3) is 11.4 Å². The average molecular weight is 421 g/mol. The summed E-state index contributed by atoms with van der Waals surface area (Å²) in [4.78, 5) is 14.7. The molecule has 0 fully saturated rings. The Bertz CT molecular complexity index is 949. The first-order valence-electron chi connectivity index (χ1n) is 8.33. The van der Waals surface area contributed by atoms with Crippen LogP contribution < -0.4 is 9.47 Å². The lowest BCUT2D eigenvalue weighted by atomic mass is 10.2. The van der Waals surface area contributed by atoms with Gasteiger partial charge in [-0.15, -0.1) is 5.10 Å². The Labute approximate surface area is 170 Å². The number of thioether (sulfide) groups is 1. The maximum absolute atomic E-state index is 10.6. The molecular weight excluding hydrogens is 404 g/mol. The number of nitrogens with zero attached hydrogens (tertiary/aromatic N) is 3. The van der Waals surface area contributed by atoms with Crippen LogP contribution in [0.5, 0.6) is 11.5 Å². The van der Waals surface area contributed by atoms with E-state index in [2.05, 4.69) is 15.2 Å². The van der Waals surface area contributed by atoms with Crippen molar-refractivity contribution in [3.05, 3.63) is 57.6 Å². The molecule has 0 bridgehead atoms. The maximum atomic E-state index is 10.6. The van der Waals surface area contributed by atoms with Gasteiger partial charge in [0.25, 0.3) is 5.69 Å². The Morgan fingerprint density at radius 3 is 2.75 bits per heavy atom. The molecule has 0 aliphatic heterocycles. The summed E-state index contributed by atoms with van der Waals surface area (Å²) in [5.74, 6) is 2.61. The van der Waals surface area contributed by atoms with Crippen molar-refractivity contribution in [2.75, 3.05) is 19.5 Å². The van der Waals surface area contributed by atoms with Gasteiger partial charge in [0.05, 0.1) is 24.2 Å². The Morgan fingerprint density at radius 1 is 1.25 bits per heavy atom. The van der Waals surface area contributed by atoms with E-state index >= 15 is 0 Å². The molecule has 3 aromatic rings. The number of benzene rings is 2. The van der Waals surface area contributed by atoms with Crippen LogP contribution in [0.15, 0.2) is 47.6 Å². The van der Waals surface area contributed by atoms with Crippen LogP contribution in [0.3, 0.4) is 0 Å². The molecule has 0 spiro atoms. The van der Waals surface area contributed by atoms with E-state index in [1.807, 2.05) is 0 Å². The molecule has 0 aliphatic rings. The van der Waals surface area contributed by atoms with Crippen LogP contribution in [0.2, 0.25) is 5.02 Å². The van der Waals surface area contributed by atoms with E-state index < -0.39 is 4.92 Å². The highest BCUT2D eigenvalue weighted by molar-refractivity contribution is 7.99. The van der Waals surface area contributed by atoms with Gasteiger partial charge in [-0.05, 0) is 36.8 Å². The minimum Gasteiger partial charge on any atom is -0.496 e. The van der Waals surface area contributed by atoms with Gasteiger partial charge in [-0.2, -0.15) is 0 Å². The van der Waals surface area contributed by atoms with Crippen molar-refractivity contribution < 1.29 is 14.4 Å². The van der Waals surface area contributed by atoms with Gasteiger partial charge in [0.1, 0.15) is 11.5 Å². The molecule has 1 heterocycles. The first-order valence-corrected chi connectivity index (χ1v) is 9.69. The van der Waals surface area contributed by atoms with E-state index in [9.17, 15) is 10.1 Å². The molecule has 0 radical (unpaired) electrons. The van der Waals surface area contributed by atoms with E-state index in [4.69, 9.17) is 21.1 Å². The maximum Gasteiger partial charge on any atom is 0.269 e. The van der Waals surface area contributed by atoms with E-state index in [1.54, 1.807) is 37.4 Å². The second-order valence-electron chi connectivity index (χ2n) is 5.61. The fourth-order valence-corrected chi connectivity index (χ4v) is 3.26. The molecule has 0 amide bonds. The number of nitro benzene ring substituents is 1. The SMILES string of the molecule is COc1ccc(Cl)cc1-c1nc(SCCCOc2ccc([N+](=O)[O-])cc2)n[nH]1.